The Morgan fingerprint density at radius 2 is 0.943 bits per heavy atom. The minimum absolute atomic E-state index is 0.208. The van der Waals surface area contributed by atoms with E-state index in [4.69, 9.17) is 18.9 Å². The number of anilines is 3. The van der Waals surface area contributed by atoms with Crippen LogP contribution in [0.3, 0.4) is 0 Å². The molecule has 35 heavy (non-hydrogen) atoms. The third kappa shape index (κ3) is 3.58. The molecule has 6 heteroatoms. The fourth-order valence-electron chi connectivity index (χ4n) is 5.00. The predicted octanol–water partition coefficient (Wildman–Crippen LogP) is 6.39. The molecule has 1 aliphatic rings. The van der Waals surface area contributed by atoms with Crippen LogP contribution in [-0.2, 0) is 0 Å². The third-order valence-corrected chi connectivity index (χ3v) is 6.45. The molecule has 0 unspecified atom stereocenters. The molecule has 0 saturated carbocycles. The highest BCUT2D eigenvalue weighted by Gasteiger charge is 2.39. The van der Waals surface area contributed by atoms with Crippen molar-refractivity contribution in [2.45, 2.75) is 5.92 Å². The van der Waals surface area contributed by atoms with Crippen LogP contribution < -0.4 is 23.8 Å². The highest BCUT2D eigenvalue weighted by Crippen LogP contribution is 2.58. The molecule has 0 saturated heterocycles. The van der Waals surface area contributed by atoms with E-state index in [0.717, 1.165) is 45.3 Å². The van der Waals surface area contributed by atoms with Crippen LogP contribution in [0.15, 0.2) is 78.9 Å². The quantitative estimate of drug-likeness (QED) is 0.311. The van der Waals surface area contributed by atoms with Crippen LogP contribution in [0.25, 0.3) is 0 Å². The van der Waals surface area contributed by atoms with E-state index >= 15 is 0 Å². The SMILES string of the molecule is COc1cccc(OC)c1C1c2c(OC)cccc2N(c2ccc(O)cc2)c2cccc(OC)c21. The molecular formula is C29H27NO5. The van der Waals surface area contributed by atoms with Crippen LogP contribution in [-0.4, -0.2) is 33.5 Å². The van der Waals surface area contributed by atoms with Crippen molar-refractivity contribution in [3.05, 3.63) is 95.6 Å². The van der Waals surface area contributed by atoms with Gasteiger partial charge in [-0.2, -0.15) is 0 Å². The normalized spacial score (nSPS) is 12.5. The molecule has 0 aromatic heterocycles. The zero-order valence-electron chi connectivity index (χ0n) is 20.1. The first-order chi connectivity index (χ1) is 17.1. The number of benzene rings is 4. The summed E-state index contributed by atoms with van der Waals surface area (Å²) < 4.78 is 23.5. The van der Waals surface area contributed by atoms with E-state index in [1.165, 1.54) is 0 Å². The molecule has 0 radical (unpaired) electrons. The molecule has 4 aromatic rings. The third-order valence-electron chi connectivity index (χ3n) is 6.45. The van der Waals surface area contributed by atoms with E-state index in [9.17, 15) is 5.11 Å². The molecule has 1 heterocycles. The van der Waals surface area contributed by atoms with Crippen molar-refractivity contribution in [3.63, 3.8) is 0 Å². The minimum Gasteiger partial charge on any atom is -0.508 e. The number of ether oxygens (including phenoxy) is 4. The first-order valence-electron chi connectivity index (χ1n) is 11.3. The summed E-state index contributed by atoms with van der Waals surface area (Å²) in [5, 5.41) is 9.93. The summed E-state index contributed by atoms with van der Waals surface area (Å²) >= 11 is 0. The molecular weight excluding hydrogens is 442 g/mol. The van der Waals surface area contributed by atoms with Gasteiger partial charge >= 0.3 is 0 Å². The summed E-state index contributed by atoms with van der Waals surface area (Å²) in [4.78, 5) is 2.16. The molecule has 0 bridgehead atoms. The second kappa shape index (κ2) is 9.14. The summed E-state index contributed by atoms with van der Waals surface area (Å²) in [6, 6.07) is 25.0. The second-order valence-corrected chi connectivity index (χ2v) is 8.15. The van der Waals surface area contributed by atoms with Crippen molar-refractivity contribution >= 4 is 17.1 Å². The van der Waals surface area contributed by atoms with E-state index in [1.54, 1.807) is 40.6 Å². The van der Waals surface area contributed by atoms with Gasteiger partial charge in [0.2, 0.25) is 0 Å². The Morgan fingerprint density at radius 3 is 1.37 bits per heavy atom. The van der Waals surface area contributed by atoms with Gasteiger partial charge in [0.05, 0.1) is 45.7 Å². The lowest BCUT2D eigenvalue weighted by atomic mass is 9.78. The average molecular weight is 470 g/mol. The molecule has 4 aromatic carbocycles. The van der Waals surface area contributed by atoms with E-state index in [0.29, 0.717) is 11.5 Å². The zero-order chi connectivity index (χ0) is 24.5. The first kappa shape index (κ1) is 22.5. The number of fused-ring (bicyclic) bond motifs is 2. The maximum Gasteiger partial charge on any atom is 0.126 e. The minimum atomic E-state index is -0.299. The summed E-state index contributed by atoms with van der Waals surface area (Å²) in [6.07, 6.45) is 0. The Hall–Kier alpha value is -4.32. The van der Waals surface area contributed by atoms with E-state index in [2.05, 4.69) is 17.0 Å². The number of hydrogen-bond acceptors (Lipinski definition) is 6. The van der Waals surface area contributed by atoms with E-state index in [-0.39, 0.29) is 11.7 Å². The van der Waals surface area contributed by atoms with Gasteiger partial charge in [0.15, 0.2) is 0 Å². The van der Waals surface area contributed by atoms with Crippen molar-refractivity contribution < 1.29 is 24.1 Å². The van der Waals surface area contributed by atoms with Crippen LogP contribution in [0.1, 0.15) is 22.6 Å². The Kier molecular flexibility index (Phi) is 5.87. The van der Waals surface area contributed by atoms with Gasteiger partial charge < -0.3 is 29.0 Å². The Balaban J connectivity index is 1.92. The summed E-state index contributed by atoms with van der Waals surface area (Å²) in [6.45, 7) is 0. The van der Waals surface area contributed by atoms with Gasteiger partial charge in [0.1, 0.15) is 28.7 Å². The number of aromatic hydroxyl groups is 1. The first-order valence-corrected chi connectivity index (χ1v) is 11.3. The van der Waals surface area contributed by atoms with Crippen LogP contribution >= 0.6 is 0 Å². The van der Waals surface area contributed by atoms with E-state index < -0.39 is 0 Å². The van der Waals surface area contributed by atoms with Crippen molar-refractivity contribution in [2.75, 3.05) is 33.3 Å². The van der Waals surface area contributed by atoms with Crippen LogP contribution in [0.5, 0.6) is 28.7 Å². The lowest BCUT2D eigenvalue weighted by Crippen LogP contribution is -2.24. The highest BCUT2D eigenvalue weighted by atomic mass is 16.5. The Bertz CT molecular complexity index is 1290. The van der Waals surface area contributed by atoms with Gasteiger partial charge in [-0.15, -0.1) is 0 Å². The summed E-state index contributed by atoms with van der Waals surface area (Å²) in [7, 11) is 6.68. The highest BCUT2D eigenvalue weighted by molar-refractivity contribution is 5.89. The fourth-order valence-corrected chi connectivity index (χ4v) is 5.00. The van der Waals surface area contributed by atoms with Gasteiger partial charge in [-0.05, 0) is 60.7 Å². The molecule has 5 rings (SSSR count). The van der Waals surface area contributed by atoms with Gasteiger partial charge in [0.25, 0.3) is 0 Å². The van der Waals surface area contributed by atoms with Crippen molar-refractivity contribution in [1.29, 1.82) is 0 Å². The molecule has 178 valence electrons. The van der Waals surface area contributed by atoms with Gasteiger partial charge in [-0.1, -0.05) is 18.2 Å². The molecule has 0 atom stereocenters. The lowest BCUT2D eigenvalue weighted by molar-refractivity contribution is 0.378. The maximum absolute atomic E-state index is 9.93. The molecule has 0 spiro atoms. The number of rotatable bonds is 6. The smallest absolute Gasteiger partial charge is 0.126 e. The molecule has 1 aliphatic heterocycles. The molecule has 0 fully saturated rings. The average Bonchev–Trinajstić information content (AvgIpc) is 2.91. The van der Waals surface area contributed by atoms with Gasteiger partial charge in [-0.3, -0.25) is 0 Å². The molecule has 0 amide bonds. The predicted molar refractivity (Wildman–Crippen MR) is 136 cm³/mol. The number of hydrogen-bond donors (Lipinski definition) is 1. The van der Waals surface area contributed by atoms with E-state index in [1.807, 2.05) is 54.6 Å². The molecule has 1 N–H and O–H groups in total. The van der Waals surface area contributed by atoms with Crippen LogP contribution in [0, 0.1) is 0 Å². The fraction of sp³-hybridized carbons (Fsp3) is 0.172. The maximum atomic E-state index is 9.93. The summed E-state index contributed by atoms with van der Waals surface area (Å²) in [5.74, 6) is 2.80. The Morgan fingerprint density at radius 1 is 0.543 bits per heavy atom. The summed E-state index contributed by atoms with van der Waals surface area (Å²) in [5.41, 5.74) is 5.62. The Labute approximate surface area is 204 Å². The monoisotopic (exact) mass is 469 g/mol. The van der Waals surface area contributed by atoms with Crippen molar-refractivity contribution in [3.8, 4) is 28.7 Å². The lowest BCUT2D eigenvalue weighted by Gasteiger charge is -2.39. The molecule has 0 aliphatic carbocycles. The number of nitrogens with zero attached hydrogens (tertiary/aromatic N) is 1. The van der Waals surface area contributed by atoms with Crippen molar-refractivity contribution in [1.82, 2.24) is 0 Å². The largest absolute Gasteiger partial charge is 0.508 e. The zero-order valence-corrected chi connectivity index (χ0v) is 20.1. The number of phenols is 1. The topological polar surface area (TPSA) is 60.4 Å². The van der Waals surface area contributed by atoms with Crippen molar-refractivity contribution in [2.24, 2.45) is 0 Å². The standard InChI is InChI=1S/C29H27NO5/c1-32-22-10-5-8-20-26(22)29(28-24(34-3)12-7-13-25(28)35-4)27-21(9-6-11-23(27)33-2)30(20)18-14-16-19(31)17-15-18/h5-17,29,31H,1-4H3. The van der Waals surface area contributed by atoms with Crippen LogP contribution in [0.4, 0.5) is 17.1 Å². The molecule has 6 nitrogen and oxygen atoms in total. The van der Waals surface area contributed by atoms with Gasteiger partial charge in [0, 0.05) is 22.4 Å². The van der Waals surface area contributed by atoms with Gasteiger partial charge in [-0.25, -0.2) is 0 Å². The number of phenolic OH excluding ortho intramolecular Hbond substituents is 1. The number of methoxy groups -OCH3 is 4. The second-order valence-electron chi connectivity index (χ2n) is 8.15. The van der Waals surface area contributed by atoms with Crippen LogP contribution in [0.2, 0.25) is 0 Å².